The minimum Gasteiger partial charge on any atom is -0.455 e. The standard InChI is InChI=1S/C19H21NO3/c1-15(17-10-6-3-7-11-17)13-20-18(21)14-23-19(22)12-16-8-4-2-5-9-16/h2-11,15H,12-14H2,1H3,(H,20,21)/t15-/m0/s1. The van der Waals surface area contributed by atoms with Gasteiger partial charge in [-0.05, 0) is 17.0 Å². The van der Waals surface area contributed by atoms with Crippen molar-refractivity contribution in [2.75, 3.05) is 13.2 Å². The van der Waals surface area contributed by atoms with Gasteiger partial charge in [-0.3, -0.25) is 9.59 Å². The van der Waals surface area contributed by atoms with Gasteiger partial charge in [0, 0.05) is 6.54 Å². The van der Waals surface area contributed by atoms with E-state index in [9.17, 15) is 9.59 Å². The monoisotopic (exact) mass is 311 g/mol. The highest BCUT2D eigenvalue weighted by molar-refractivity contribution is 5.81. The fraction of sp³-hybridized carbons (Fsp3) is 0.263. The molecule has 1 atom stereocenters. The quantitative estimate of drug-likeness (QED) is 0.800. The van der Waals surface area contributed by atoms with Gasteiger partial charge < -0.3 is 10.1 Å². The number of nitrogens with one attached hydrogen (secondary N) is 1. The smallest absolute Gasteiger partial charge is 0.310 e. The van der Waals surface area contributed by atoms with Crippen LogP contribution in [0.3, 0.4) is 0 Å². The Morgan fingerprint density at radius 1 is 1.00 bits per heavy atom. The molecule has 2 aromatic carbocycles. The molecule has 0 heterocycles. The van der Waals surface area contributed by atoms with Crippen LogP contribution >= 0.6 is 0 Å². The second-order valence-electron chi connectivity index (χ2n) is 5.44. The molecule has 0 saturated heterocycles. The lowest BCUT2D eigenvalue weighted by atomic mass is 10.0. The summed E-state index contributed by atoms with van der Waals surface area (Å²) in [6, 6.07) is 19.3. The number of carbonyl (C=O) groups is 2. The lowest BCUT2D eigenvalue weighted by Gasteiger charge is -2.13. The van der Waals surface area contributed by atoms with Gasteiger partial charge in [0.1, 0.15) is 0 Å². The van der Waals surface area contributed by atoms with E-state index >= 15 is 0 Å². The third-order valence-electron chi connectivity index (χ3n) is 3.53. The molecule has 0 aliphatic heterocycles. The summed E-state index contributed by atoms with van der Waals surface area (Å²) in [6.45, 7) is 2.31. The van der Waals surface area contributed by atoms with Crippen LogP contribution in [-0.2, 0) is 20.7 Å². The van der Waals surface area contributed by atoms with Crippen LogP contribution in [0.15, 0.2) is 60.7 Å². The lowest BCUT2D eigenvalue weighted by molar-refractivity contribution is -0.147. The molecule has 1 N–H and O–H groups in total. The molecule has 120 valence electrons. The molecule has 4 nitrogen and oxygen atoms in total. The topological polar surface area (TPSA) is 55.4 Å². The Bertz CT molecular complexity index is 626. The Hall–Kier alpha value is -2.62. The third kappa shape index (κ3) is 5.94. The number of carbonyl (C=O) groups excluding carboxylic acids is 2. The molecule has 23 heavy (non-hydrogen) atoms. The molecule has 4 heteroatoms. The van der Waals surface area contributed by atoms with Crippen molar-refractivity contribution in [2.45, 2.75) is 19.3 Å². The van der Waals surface area contributed by atoms with Crippen LogP contribution in [0.25, 0.3) is 0 Å². The highest BCUT2D eigenvalue weighted by atomic mass is 16.5. The number of hydrogen-bond acceptors (Lipinski definition) is 3. The van der Waals surface area contributed by atoms with Crippen molar-refractivity contribution < 1.29 is 14.3 Å². The van der Waals surface area contributed by atoms with E-state index in [1.165, 1.54) is 0 Å². The maximum absolute atomic E-state index is 11.7. The average Bonchev–Trinajstić information content (AvgIpc) is 2.59. The van der Waals surface area contributed by atoms with Crippen molar-refractivity contribution in [1.82, 2.24) is 5.32 Å². The second kappa shape index (κ2) is 8.73. The van der Waals surface area contributed by atoms with Crippen LogP contribution in [0.5, 0.6) is 0 Å². The first kappa shape index (κ1) is 16.7. The van der Waals surface area contributed by atoms with Gasteiger partial charge in [-0.2, -0.15) is 0 Å². The van der Waals surface area contributed by atoms with Gasteiger partial charge in [-0.15, -0.1) is 0 Å². The molecule has 0 aliphatic carbocycles. The molecule has 2 rings (SSSR count). The van der Waals surface area contributed by atoms with Crippen LogP contribution in [0.4, 0.5) is 0 Å². The molecule has 2 aromatic rings. The molecular weight excluding hydrogens is 290 g/mol. The Labute approximate surface area is 136 Å². The zero-order chi connectivity index (χ0) is 16.5. The molecule has 0 saturated carbocycles. The number of esters is 1. The summed E-state index contributed by atoms with van der Waals surface area (Å²) in [5.41, 5.74) is 2.03. The van der Waals surface area contributed by atoms with E-state index in [0.717, 1.165) is 11.1 Å². The molecular formula is C19H21NO3. The zero-order valence-corrected chi connectivity index (χ0v) is 13.2. The first-order chi connectivity index (χ1) is 11.1. The summed E-state index contributed by atoms with van der Waals surface area (Å²) >= 11 is 0. The minimum absolute atomic E-state index is 0.175. The summed E-state index contributed by atoms with van der Waals surface area (Å²) in [7, 11) is 0. The summed E-state index contributed by atoms with van der Waals surface area (Å²) in [5.74, 6) is -0.475. The van der Waals surface area contributed by atoms with Crippen molar-refractivity contribution in [3.05, 3.63) is 71.8 Å². The normalized spacial score (nSPS) is 11.5. The van der Waals surface area contributed by atoms with Gasteiger partial charge >= 0.3 is 5.97 Å². The van der Waals surface area contributed by atoms with Crippen molar-refractivity contribution >= 4 is 11.9 Å². The highest BCUT2D eigenvalue weighted by Crippen LogP contribution is 2.12. The molecule has 0 fully saturated rings. The number of amides is 1. The second-order valence-corrected chi connectivity index (χ2v) is 5.44. The van der Waals surface area contributed by atoms with E-state index < -0.39 is 5.97 Å². The van der Waals surface area contributed by atoms with Gasteiger partial charge in [0.25, 0.3) is 5.91 Å². The Balaban J connectivity index is 1.68. The predicted octanol–water partition coefficient (Wildman–Crippen LogP) is 2.69. The summed E-state index contributed by atoms with van der Waals surface area (Å²) in [5, 5.41) is 2.78. The van der Waals surface area contributed by atoms with Gasteiger partial charge in [0.2, 0.25) is 0 Å². The molecule has 0 aromatic heterocycles. The van der Waals surface area contributed by atoms with Crippen LogP contribution in [0.1, 0.15) is 24.0 Å². The van der Waals surface area contributed by atoms with Crippen LogP contribution in [0.2, 0.25) is 0 Å². The van der Waals surface area contributed by atoms with E-state index in [0.29, 0.717) is 6.54 Å². The van der Waals surface area contributed by atoms with Crippen molar-refractivity contribution in [3.8, 4) is 0 Å². The first-order valence-corrected chi connectivity index (χ1v) is 7.66. The first-order valence-electron chi connectivity index (χ1n) is 7.66. The third-order valence-corrected chi connectivity index (χ3v) is 3.53. The Morgan fingerprint density at radius 2 is 1.61 bits per heavy atom. The SMILES string of the molecule is C[C@@H](CNC(=O)COC(=O)Cc1ccccc1)c1ccccc1. The van der Waals surface area contributed by atoms with Crippen LogP contribution in [0, 0.1) is 0 Å². The van der Waals surface area contributed by atoms with E-state index in [4.69, 9.17) is 4.74 Å². The van der Waals surface area contributed by atoms with Crippen LogP contribution in [-0.4, -0.2) is 25.0 Å². The van der Waals surface area contributed by atoms with E-state index in [1.807, 2.05) is 67.6 Å². The number of benzene rings is 2. The molecule has 0 bridgehead atoms. The molecule has 0 radical (unpaired) electrons. The number of hydrogen-bond donors (Lipinski definition) is 1. The highest BCUT2D eigenvalue weighted by Gasteiger charge is 2.10. The lowest BCUT2D eigenvalue weighted by Crippen LogP contribution is -2.31. The number of ether oxygens (including phenoxy) is 1. The predicted molar refractivity (Wildman–Crippen MR) is 89.0 cm³/mol. The molecule has 0 aliphatic rings. The maximum atomic E-state index is 11.7. The minimum atomic E-state index is -0.401. The largest absolute Gasteiger partial charge is 0.455 e. The van der Waals surface area contributed by atoms with Crippen LogP contribution < -0.4 is 5.32 Å². The van der Waals surface area contributed by atoms with E-state index in [1.54, 1.807) is 0 Å². The molecule has 0 unspecified atom stereocenters. The Morgan fingerprint density at radius 3 is 2.26 bits per heavy atom. The molecule has 0 spiro atoms. The Kier molecular flexibility index (Phi) is 6.36. The van der Waals surface area contributed by atoms with E-state index in [-0.39, 0.29) is 24.9 Å². The fourth-order valence-corrected chi connectivity index (χ4v) is 2.18. The van der Waals surface area contributed by atoms with Gasteiger partial charge in [0.15, 0.2) is 6.61 Å². The molecule has 1 amide bonds. The van der Waals surface area contributed by atoms with Crippen molar-refractivity contribution in [1.29, 1.82) is 0 Å². The average molecular weight is 311 g/mol. The maximum Gasteiger partial charge on any atom is 0.310 e. The summed E-state index contributed by atoms with van der Waals surface area (Å²) in [6.07, 6.45) is 0.175. The summed E-state index contributed by atoms with van der Waals surface area (Å²) < 4.78 is 4.99. The fourth-order valence-electron chi connectivity index (χ4n) is 2.18. The number of rotatable bonds is 7. The van der Waals surface area contributed by atoms with Crippen molar-refractivity contribution in [3.63, 3.8) is 0 Å². The summed E-state index contributed by atoms with van der Waals surface area (Å²) in [4.78, 5) is 23.4. The van der Waals surface area contributed by atoms with Gasteiger partial charge in [0.05, 0.1) is 6.42 Å². The van der Waals surface area contributed by atoms with Gasteiger partial charge in [-0.25, -0.2) is 0 Å². The van der Waals surface area contributed by atoms with Crippen molar-refractivity contribution in [2.24, 2.45) is 0 Å². The zero-order valence-electron chi connectivity index (χ0n) is 13.2. The van der Waals surface area contributed by atoms with Gasteiger partial charge in [-0.1, -0.05) is 67.6 Å². The van der Waals surface area contributed by atoms with E-state index in [2.05, 4.69) is 5.32 Å².